The van der Waals surface area contributed by atoms with Crippen LogP contribution in [0.5, 0.6) is 5.75 Å². The minimum Gasteiger partial charge on any atom is -0.497 e. The minimum absolute atomic E-state index is 0.215. The van der Waals surface area contributed by atoms with Crippen molar-refractivity contribution in [2.24, 2.45) is 0 Å². The molecule has 0 saturated carbocycles. The van der Waals surface area contributed by atoms with Gasteiger partial charge in [0, 0.05) is 12.2 Å². The summed E-state index contributed by atoms with van der Waals surface area (Å²) >= 11 is 0. The largest absolute Gasteiger partial charge is 0.497 e. The lowest BCUT2D eigenvalue weighted by Gasteiger charge is -2.20. The molecular weight excluding hydrogens is 364 g/mol. The maximum Gasteiger partial charge on any atom is 0.239 e. The molecule has 2 aromatic rings. The predicted molar refractivity (Wildman–Crippen MR) is 108 cm³/mol. The van der Waals surface area contributed by atoms with E-state index in [-0.39, 0.29) is 19.0 Å². The van der Waals surface area contributed by atoms with Crippen LogP contribution in [-0.2, 0) is 21.2 Å². The molecule has 2 rings (SSSR count). The summed E-state index contributed by atoms with van der Waals surface area (Å²) in [7, 11) is -1.93. The van der Waals surface area contributed by atoms with Gasteiger partial charge in [-0.15, -0.1) is 0 Å². The first-order valence-corrected chi connectivity index (χ1v) is 10.5. The molecule has 0 aliphatic heterocycles. The molecule has 1 N–H and O–H groups in total. The van der Waals surface area contributed by atoms with Crippen LogP contribution in [0.3, 0.4) is 0 Å². The summed E-state index contributed by atoms with van der Waals surface area (Å²) < 4.78 is 30.5. The Kier molecular flexibility index (Phi) is 6.98. The average molecular weight is 391 g/mol. The highest BCUT2D eigenvalue weighted by molar-refractivity contribution is 7.88. The van der Waals surface area contributed by atoms with Crippen LogP contribution in [0, 0.1) is 13.8 Å². The summed E-state index contributed by atoms with van der Waals surface area (Å²) in [5, 5.41) is 2.76. The van der Waals surface area contributed by atoms with Crippen molar-refractivity contribution in [3.8, 4) is 5.75 Å². The number of carbonyl (C=O) groups is 1. The second-order valence-corrected chi connectivity index (χ2v) is 8.53. The van der Waals surface area contributed by atoms with Crippen molar-refractivity contribution in [1.82, 2.24) is 4.31 Å². The smallest absolute Gasteiger partial charge is 0.239 e. The van der Waals surface area contributed by atoms with Crippen LogP contribution in [0.2, 0.25) is 0 Å². The molecule has 0 fully saturated rings. The monoisotopic (exact) mass is 390 g/mol. The van der Waals surface area contributed by atoms with Gasteiger partial charge < -0.3 is 10.1 Å². The van der Waals surface area contributed by atoms with Crippen LogP contribution in [0.4, 0.5) is 5.69 Å². The van der Waals surface area contributed by atoms with Crippen molar-refractivity contribution in [3.05, 3.63) is 59.2 Å². The third kappa shape index (κ3) is 6.37. The molecule has 0 unspecified atom stereocenters. The Hall–Kier alpha value is -2.38. The number of rotatable bonds is 8. The molecule has 0 bridgehead atoms. The number of nitrogens with one attached hydrogen (secondary N) is 1. The highest BCUT2D eigenvalue weighted by atomic mass is 32.2. The van der Waals surface area contributed by atoms with E-state index in [4.69, 9.17) is 4.74 Å². The molecule has 0 radical (unpaired) electrons. The van der Waals surface area contributed by atoms with E-state index < -0.39 is 10.0 Å². The van der Waals surface area contributed by atoms with E-state index in [2.05, 4.69) is 5.32 Å². The lowest BCUT2D eigenvalue weighted by molar-refractivity contribution is -0.116. The lowest BCUT2D eigenvalue weighted by atomic mass is 10.1. The molecule has 0 aliphatic rings. The molecule has 146 valence electrons. The Bertz CT molecular complexity index is 910. The van der Waals surface area contributed by atoms with Crippen molar-refractivity contribution in [1.29, 1.82) is 0 Å². The van der Waals surface area contributed by atoms with Crippen molar-refractivity contribution in [3.63, 3.8) is 0 Å². The number of anilines is 1. The lowest BCUT2D eigenvalue weighted by Crippen LogP contribution is -2.38. The zero-order valence-corrected chi connectivity index (χ0v) is 17.0. The number of methoxy groups -OCH3 is 1. The number of amides is 1. The van der Waals surface area contributed by atoms with Gasteiger partial charge in [0.25, 0.3) is 0 Å². The summed E-state index contributed by atoms with van der Waals surface area (Å²) in [6, 6.07) is 13.0. The molecule has 1 amide bonds. The van der Waals surface area contributed by atoms with Crippen LogP contribution in [0.15, 0.2) is 42.5 Å². The number of sulfonamides is 1. The summed E-state index contributed by atoms with van der Waals surface area (Å²) in [6.45, 7) is 3.94. The third-order valence-electron chi connectivity index (χ3n) is 4.36. The van der Waals surface area contributed by atoms with E-state index in [0.29, 0.717) is 17.9 Å². The molecule has 0 atom stereocenters. The number of carbonyl (C=O) groups excluding carboxylic acids is 1. The third-order valence-corrected chi connectivity index (χ3v) is 5.61. The van der Waals surface area contributed by atoms with E-state index in [1.807, 2.05) is 50.2 Å². The number of hydrogen-bond donors (Lipinski definition) is 1. The highest BCUT2D eigenvalue weighted by Crippen LogP contribution is 2.15. The van der Waals surface area contributed by atoms with E-state index in [1.54, 1.807) is 13.2 Å². The summed E-state index contributed by atoms with van der Waals surface area (Å²) in [5.74, 6) is 0.347. The molecule has 6 nitrogen and oxygen atoms in total. The molecule has 27 heavy (non-hydrogen) atoms. The molecular formula is C20H26N2O4S. The van der Waals surface area contributed by atoms with Gasteiger partial charge >= 0.3 is 0 Å². The number of ether oxygens (including phenoxy) is 1. The summed E-state index contributed by atoms with van der Waals surface area (Å²) in [4.78, 5) is 12.3. The van der Waals surface area contributed by atoms with Crippen LogP contribution < -0.4 is 10.1 Å². The fourth-order valence-corrected chi connectivity index (χ4v) is 3.40. The molecule has 0 aromatic heterocycles. The van der Waals surface area contributed by atoms with Crippen LogP contribution in [0.1, 0.15) is 16.7 Å². The quantitative estimate of drug-likeness (QED) is 0.752. The first-order valence-electron chi connectivity index (χ1n) is 8.64. The first kappa shape index (κ1) is 20.9. The molecule has 0 heterocycles. The second-order valence-electron chi connectivity index (χ2n) is 6.55. The Labute approximate surface area is 161 Å². The van der Waals surface area contributed by atoms with E-state index in [1.165, 1.54) is 4.31 Å². The van der Waals surface area contributed by atoms with Crippen LogP contribution in [-0.4, -0.2) is 45.1 Å². The van der Waals surface area contributed by atoms with Gasteiger partial charge in [-0.25, -0.2) is 8.42 Å². The Balaban J connectivity index is 2.03. The number of nitrogens with zero attached hydrogens (tertiary/aromatic N) is 1. The Morgan fingerprint density at radius 3 is 2.48 bits per heavy atom. The number of aryl methyl sites for hydroxylation is 2. The van der Waals surface area contributed by atoms with E-state index in [0.717, 1.165) is 22.9 Å². The van der Waals surface area contributed by atoms with Gasteiger partial charge in [-0.2, -0.15) is 4.31 Å². The van der Waals surface area contributed by atoms with Gasteiger partial charge in [0.05, 0.1) is 19.9 Å². The van der Waals surface area contributed by atoms with E-state index >= 15 is 0 Å². The molecule has 7 heteroatoms. The molecule has 0 saturated heterocycles. The van der Waals surface area contributed by atoms with Gasteiger partial charge in [0.2, 0.25) is 15.9 Å². The van der Waals surface area contributed by atoms with Crippen LogP contribution in [0.25, 0.3) is 0 Å². The predicted octanol–water partition coefficient (Wildman–Crippen LogP) is 2.75. The van der Waals surface area contributed by atoms with Crippen molar-refractivity contribution < 1.29 is 17.9 Å². The second kappa shape index (κ2) is 9.01. The molecule has 0 spiro atoms. The van der Waals surface area contributed by atoms with Gasteiger partial charge in [0.15, 0.2) is 0 Å². The van der Waals surface area contributed by atoms with Gasteiger partial charge in [0.1, 0.15) is 5.75 Å². The van der Waals surface area contributed by atoms with Crippen molar-refractivity contribution in [2.75, 3.05) is 31.8 Å². The Morgan fingerprint density at radius 2 is 1.85 bits per heavy atom. The topological polar surface area (TPSA) is 75.7 Å². The Morgan fingerprint density at radius 1 is 1.11 bits per heavy atom. The highest BCUT2D eigenvalue weighted by Gasteiger charge is 2.20. The fourth-order valence-electron chi connectivity index (χ4n) is 2.62. The zero-order chi connectivity index (χ0) is 20.0. The van der Waals surface area contributed by atoms with Gasteiger partial charge in [-0.05, 0) is 61.2 Å². The van der Waals surface area contributed by atoms with Crippen LogP contribution >= 0.6 is 0 Å². The van der Waals surface area contributed by atoms with Gasteiger partial charge in [-0.3, -0.25) is 4.79 Å². The summed E-state index contributed by atoms with van der Waals surface area (Å²) in [5.41, 5.74) is 3.79. The van der Waals surface area contributed by atoms with Crippen molar-refractivity contribution >= 4 is 21.6 Å². The number of benzene rings is 2. The molecule has 2 aromatic carbocycles. The normalized spacial score (nSPS) is 11.4. The zero-order valence-electron chi connectivity index (χ0n) is 16.2. The minimum atomic E-state index is -3.51. The SMILES string of the molecule is COc1cccc(CCN(CC(=O)Nc2ccc(C)c(C)c2)S(C)(=O)=O)c1. The van der Waals surface area contributed by atoms with Gasteiger partial charge in [-0.1, -0.05) is 18.2 Å². The maximum atomic E-state index is 12.3. The molecule has 0 aliphatic carbocycles. The number of hydrogen-bond acceptors (Lipinski definition) is 4. The summed E-state index contributed by atoms with van der Waals surface area (Å²) in [6.07, 6.45) is 1.60. The standard InChI is InChI=1S/C20H26N2O4S/c1-15-8-9-18(12-16(15)2)21-20(23)14-22(27(4,24)25)11-10-17-6-5-7-19(13-17)26-3/h5-9,12-13H,10-11,14H2,1-4H3,(H,21,23). The van der Waals surface area contributed by atoms with Crippen molar-refractivity contribution in [2.45, 2.75) is 20.3 Å². The maximum absolute atomic E-state index is 12.3. The average Bonchev–Trinajstić information content (AvgIpc) is 2.61. The van der Waals surface area contributed by atoms with E-state index in [9.17, 15) is 13.2 Å². The fraction of sp³-hybridized carbons (Fsp3) is 0.350. The first-order chi connectivity index (χ1) is 12.7.